The fourth-order valence-corrected chi connectivity index (χ4v) is 5.61. The van der Waals surface area contributed by atoms with E-state index < -0.39 is 45.5 Å². The number of halogens is 5. The number of nitrogens with one attached hydrogen (secondary N) is 1. The molecule has 1 fully saturated rings. The highest BCUT2D eigenvalue weighted by Gasteiger charge is 2.39. The minimum absolute atomic E-state index is 0.0617. The van der Waals surface area contributed by atoms with Gasteiger partial charge in [0.1, 0.15) is 23.4 Å². The molecular formula is C24H20F5N3O3S. The predicted octanol–water partition coefficient (Wildman–Crippen LogP) is 4.52. The molecular weight excluding hydrogens is 505 g/mol. The Balaban J connectivity index is 1.48. The van der Waals surface area contributed by atoms with Crippen molar-refractivity contribution < 1.29 is 35.2 Å². The Morgan fingerprint density at radius 1 is 1.03 bits per heavy atom. The van der Waals surface area contributed by atoms with E-state index in [4.69, 9.17) is 0 Å². The minimum Gasteiger partial charge on any atom is -0.351 e. The normalized spacial score (nSPS) is 16.8. The molecule has 0 spiro atoms. The summed E-state index contributed by atoms with van der Waals surface area (Å²) in [6.07, 6.45) is -2.88. The van der Waals surface area contributed by atoms with E-state index >= 15 is 0 Å². The highest BCUT2D eigenvalue weighted by Crippen LogP contribution is 2.30. The molecule has 1 atom stereocenters. The van der Waals surface area contributed by atoms with Crippen molar-refractivity contribution in [3.05, 3.63) is 83.7 Å². The van der Waals surface area contributed by atoms with Gasteiger partial charge in [0.25, 0.3) is 0 Å². The number of aromatic nitrogens is 1. The van der Waals surface area contributed by atoms with Crippen LogP contribution in [-0.4, -0.2) is 36.2 Å². The Hall–Kier alpha value is -3.38. The molecule has 4 rings (SSSR count). The summed E-state index contributed by atoms with van der Waals surface area (Å²) < 4.78 is 92.8. The average molecular weight is 525 g/mol. The van der Waals surface area contributed by atoms with Crippen molar-refractivity contribution >= 4 is 15.9 Å². The number of sulfonamides is 1. The van der Waals surface area contributed by atoms with Crippen molar-refractivity contribution in [3.63, 3.8) is 0 Å². The second-order valence-corrected chi connectivity index (χ2v) is 10.1. The maximum absolute atomic E-state index is 14.4. The molecule has 0 radical (unpaired) electrons. The molecule has 1 aromatic heterocycles. The highest BCUT2D eigenvalue weighted by atomic mass is 32.2. The maximum atomic E-state index is 14.4. The second kappa shape index (κ2) is 9.94. The van der Waals surface area contributed by atoms with Gasteiger partial charge in [-0.3, -0.25) is 9.78 Å². The zero-order chi connectivity index (χ0) is 26.1. The van der Waals surface area contributed by atoms with Crippen LogP contribution in [0.25, 0.3) is 11.1 Å². The van der Waals surface area contributed by atoms with Gasteiger partial charge in [-0.15, -0.1) is 0 Å². The molecule has 12 heteroatoms. The third-order valence-corrected chi connectivity index (χ3v) is 7.74. The van der Waals surface area contributed by atoms with Gasteiger partial charge in [-0.1, -0.05) is 12.1 Å². The lowest BCUT2D eigenvalue weighted by atomic mass is 10.0. The second-order valence-electron chi connectivity index (χ2n) is 8.18. The number of rotatable bonds is 6. The first kappa shape index (κ1) is 25.7. The third kappa shape index (κ3) is 5.39. The van der Waals surface area contributed by atoms with Crippen LogP contribution in [0.1, 0.15) is 24.1 Å². The summed E-state index contributed by atoms with van der Waals surface area (Å²) in [6, 6.07) is 9.14. The van der Waals surface area contributed by atoms with Gasteiger partial charge in [0, 0.05) is 30.4 Å². The number of alkyl halides is 3. The Kier molecular flexibility index (Phi) is 7.10. The lowest BCUT2D eigenvalue weighted by Crippen LogP contribution is -2.45. The molecule has 1 unspecified atom stereocenters. The zero-order valence-electron chi connectivity index (χ0n) is 18.6. The van der Waals surface area contributed by atoms with Gasteiger partial charge in [0.2, 0.25) is 15.9 Å². The molecule has 1 aliphatic rings. The van der Waals surface area contributed by atoms with Crippen LogP contribution < -0.4 is 5.32 Å². The number of hydrogen-bond donors (Lipinski definition) is 1. The van der Waals surface area contributed by atoms with E-state index in [0.29, 0.717) is 17.5 Å². The number of pyridine rings is 1. The Bertz CT molecular complexity index is 1360. The summed E-state index contributed by atoms with van der Waals surface area (Å²) >= 11 is 0. The molecule has 2 aromatic carbocycles. The molecule has 0 bridgehead atoms. The van der Waals surface area contributed by atoms with E-state index in [-0.39, 0.29) is 30.0 Å². The van der Waals surface area contributed by atoms with Gasteiger partial charge in [-0.2, -0.15) is 17.5 Å². The molecule has 190 valence electrons. The average Bonchev–Trinajstić information content (AvgIpc) is 3.34. The predicted molar refractivity (Wildman–Crippen MR) is 120 cm³/mol. The number of nitrogens with zero attached hydrogens (tertiary/aromatic N) is 2. The summed E-state index contributed by atoms with van der Waals surface area (Å²) in [5.74, 6) is -1.87. The fraction of sp³-hybridized carbons (Fsp3) is 0.250. The summed E-state index contributed by atoms with van der Waals surface area (Å²) in [6.45, 7) is -0.171. The van der Waals surface area contributed by atoms with Crippen molar-refractivity contribution in [1.82, 2.24) is 14.6 Å². The van der Waals surface area contributed by atoms with E-state index in [0.717, 1.165) is 46.9 Å². The van der Waals surface area contributed by atoms with E-state index in [1.54, 1.807) is 0 Å². The summed E-state index contributed by atoms with van der Waals surface area (Å²) in [4.78, 5) is 16.1. The number of benzene rings is 2. The summed E-state index contributed by atoms with van der Waals surface area (Å²) in [7, 11) is -4.05. The van der Waals surface area contributed by atoms with Gasteiger partial charge in [0.15, 0.2) is 0 Å². The zero-order valence-corrected chi connectivity index (χ0v) is 19.4. The first-order valence-electron chi connectivity index (χ1n) is 10.8. The van der Waals surface area contributed by atoms with Crippen molar-refractivity contribution in [1.29, 1.82) is 0 Å². The molecule has 1 aliphatic heterocycles. The van der Waals surface area contributed by atoms with Crippen molar-refractivity contribution in [2.24, 2.45) is 0 Å². The fourth-order valence-electron chi connectivity index (χ4n) is 3.95. The van der Waals surface area contributed by atoms with Gasteiger partial charge in [-0.25, -0.2) is 17.2 Å². The molecule has 2 heterocycles. The van der Waals surface area contributed by atoms with E-state index in [1.807, 2.05) is 0 Å². The molecule has 1 saturated heterocycles. The molecule has 3 aromatic rings. The maximum Gasteiger partial charge on any atom is 0.433 e. The topological polar surface area (TPSA) is 79.4 Å². The molecule has 1 amide bonds. The molecule has 1 N–H and O–H groups in total. The number of amides is 1. The van der Waals surface area contributed by atoms with Crippen LogP contribution >= 0.6 is 0 Å². The van der Waals surface area contributed by atoms with Gasteiger partial charge >= 0.3 is 6.18 Å². The summed E-state index contributed by atoms with van der Waals surface area (Å²) in [5, 5.41) is 2.54. The SMILES string of the molecule is O=C(NCc1cc(-c2ccc(C(F)(F)F)nc2)ccc1F)C1CCCN1S(=O)(=O)c1ccc(F)cc1. The minimum atomic E-state index is -4.59. The summed E-state index contributed by atoms with van der Waals surface area (Å²) in [5.41, 5.74) is -0.282. The molecule has 36 heavy (non-hydrogen) atoms. The van der Waals surface area contributed by atoms with Gasteiger partial charge in [-0.05, 0) is 60.9 Å². The lowest BCUT2D eigenvalue weighted by molar-refractivity contribution is -0.141. The Morgan fingerprint density at radius 3 is 2.36 bits per heavy atom. The van der Waals surface area contributed by atoms with Crippen molar-refractivity contribution in [3.8, 4) is 11.1 Å². The van der Waals surface area contributed by atoms with Gasteiger partial charge < -0.3 is 5.32 Å². The van der Waals surface area contributed by atoms with Crippen LogP contribution in [0.3, 0.4) is 0 Å². The molecule has 0 aliphatic carbocycles. The van der Waals surface area contributed by atoms with Crippen molar-refractivity contribution in [2.45, 2.75) is 36.5 Å². The molecule has 0 saturated carbocycles. The van der Waals surface area contributed by atoms with E-state index in [2.05, 4.69) is 10.3 Å². The smallest absolute Gasteiger partial charge is 0.351 e. The van der Waals surface area contributed by atoms with E-state index in [1.165, 1.54) is 18.2 Å². The van der Waals surface area contributed by atoms with Crippen LogP contribution in [0.15, 0.2) is 65.7 Å². The number of carbonyl (C=O) groups excluding carboxylic acids is 1. The van der Waals surface area contributed by atoms with Crippen LogP contribution in [0.2, 0.25) is 0 Å². The first-order chi connectivity index (χ1) is 17.0. The number of carbonyl (C=O) groups is 1. The van der Waals surface area contributed by atoms with Gasteiger partial charge in [0.05, 0.1) is 4.90 Å². The van der Waals surface area contributed by atoms with Crippen LogP contribution in [0, 0.1) is 11.6 Å². The van der Waals surface area contributed by atoms with Crippen molar-refractivity contribution in [2.75, 3.05) is 6.54 Å². The van der Waals surface area contributed by atoms with Crippen LogP contribution in [0.5, 0.6) is 0 Å². The van der Waals surface area contributed by atoms with E-state index in [9.17, 15) is 35.2 Å². The quantitative estimate of drug-likeness (QED) is 0.481. The van der Waals surface area contributed by atoms with Crippen LogP contribution in [-0.2, 0) is 27.5 Å². The standard InChI is InChI=1S/C24H20F5N3O3S/c25-18-5-7-19(8-6-18)36(34,35)32-11-1-2-21(32)23(33)31-14-17-12-15(3-9-20(17)26)16-4-10-22(30-13-16)24(27,28)29/h3-10,12-13,21H,1-2,11,14H2,(H,31,33). The van der Waals surface area contributed by atoms with Crippen LogP contribution in [0.4, 0.5) is 22.0 Å². The Morgan fingerprint density at radius 2 is 1.72 bits per heavy atom. The monoisotopic (exact) mass is 525 g/mol. The largest absolute Gasteiger partial charge is 0.433 e. The lowest BCUT2D eigenvalue weighted by Gasteiger charge is -2.23. The third-order valence-electron chi connectivity index (χ3n) is 5.81. The first-order valence-corrected chi connectivity index (χ1v) is 12.3. The molecule has 6 nitrogen and oxygen atoms in total. The number of hydrogen-bond acceptors (Lipinski definition) is 4. The Labute approximate surface area is 203 Å². The highest BCUT2D eigenvalue weighted by molar-refractivity contribution is 7.89.